The Morgan fingerprint density at radius 2 is 2.19 bits per heavy atom. The van der Waals surface area contributed by atoms with E-state index in [0.717, 1.165) is 35.6 Å². The van der Waals surface area contributed by atoms with E-state index in [1.807, 2.05) is 43.7 Å². The summed E-state index contributed by atoms with van der Waals surface area (Å²) in [4.78, 5) is 13.8. The molecular formula is C15H21N5O. The van der Waals surface area contributed by atoms with Crippen LogP contribution in [0.4, 0.5) is 10.5 Å². The summed E-state index contributed by atoms with van der Waals surface area (Å²) >= 11 is 0. The number of amides is 2. The molecule has 2 aromatic rings. The molecule has 1 aromatic carbocycles. The maximum Gasteiger partial charge on any atom is 0.321 e. The molecule has 0 saturated carbocycles. The van der Waals surface area contributed by atoms with E-state index in [1.165, 1.54) is 0 Å². The summed E-state index contributed by atoms with van der Waals surface area (Å²) in [6.45, 7) is 4.75. The zero-order valence-electron chi connectivity index (χ0n) is 12.9. The number of rotatable bonds is 4. The number of anilines is 1. The van der Waals surface area contributed by atoms with Gasteiger partial charge in [-0.05, 0) is 25.0 Å². The van der Waals surface area contributed by atoms with Crippen LogP contribution in [0.1, 0.15) is 18.9 Å². The van der Waals surface area contributed by atoms with Crippen molar-refractivity contribution in [2.24, 2.45) is 7.05 Å². The van der Waals surface area contributed by atoms with Gasteiger partial charge >= 0.3 is 6.03 Å². The van der Waals surface area contributed by atoms with Crippen LogP contribution in [0.25, 0.3) is 11.4 Å². The van der Waals surface area contributed by atoms with Crippen molar-refractivity contribution >= 4 is 11.7 Å². The van der Waals surface area contributed by atoms with Gasteiger partial charge in [0.15, 0.2) is 5.82 Å². The first-order valence-corrected chi connectivity index (χ1v) is 7.00. The van der Waals surface area contributed by atoms with Gasteiger partial charge in [-0.25, -0.2) is 4.79 Å². The molecule has 1 N–H and O–H groups in total. The third-order valence-electron chi connectivity index (χ3n) is 3.43. The van der Waals surface area contributed by atoms with Crippen LogP contribution in [0.2, 0.25) is 0 Å². The van der Waals surface area contributed by atoms with Gasteiger partial charge in [-0.3, -0.25) is 0 Å². The predicted molar refractivity (Wildman–Crippen MR) is 83.1 cm³/mol. The lowest BCUT2D eigenvalue weighted by atomic mass is 10.1. The largest absolute Gasteiger partial charge is 0.328 e. The van der Waals surface area contributed by atoms with Crippen molar-refractivity contribution in [3.8, 4) is 11.4 Å². The molecule has 0 aliphatic carbocycles. The van der Waals surface area contributed by atoms with Gasteiger partial charge in [-0.2, -0.15) is 0 Å². The standard InChI is InChI=1S/C15H21N5O/c1-5-9-19(3)15(21)17-13-8-6-7-12(11(13)2)14-18-16-10-20(14)4/h6-8,10H,5,9H2,1-4H3,(H,17,21). The van der Waals surface area contributed by atoms with Crippen molar-refractivity contribution in [1.29, 1.82) is 0 Å². The Labute approximate surface area is 124 Å². The van der Waals surface area contributed by atoms with Crippen molar-refractivity contribution in [3.63, 3.8) is 0 Å². The first kappa shape index (κ1) is 15.0. The molecule has 2 amide bonds. The zero-order chi connectivity index (χ0) is 15.4. The minimum absolute atomic E-state index is 0.102. The average Bonchev–Trinajstić information content (AvgIpc) is 2.87. The van der Waals surface area contributed by atoms with Crippen LogP contribution in [-0.2, 0) is 7.05 Å². The van der Waals surface area contributed by atoms with Crippen LogP contribution < -0.4 is 5.32 Å². The SMILES string of the molecule is CCCN(C)C(=O)Nc1cccc(-c2nncn2C)c1C. The van der Waals surface area contributed by atoms with Crippen molar-refractivity contribution < 1.29 is 4.79 Å². The highest BCUT2D eigenvalue weighted by molar-refractivity contribution is 5.91. The Kier molecular flexibility index (Phi) is 4.57. The van der Waals surface area contributed by atoms with Crippen LogP contribution in [0, 0.1) is 6.92 Å². The number of hydrogen-bond donors (Lipinski definition) is 1. The molecule has 0 bridgehead atoms. The summed E-state index contributed by atoms with van der Waals surface area (Å²) < 4.78 is 1.86. The number of nitrogens with one attached hydrogen (secondary N) is 1. The molecule has 0 saturated heterocycles. The number of aromatic nitrogens is 3. The monoisotopic (exact) mass is 287 g/mol. The van der Waals surface area contributed by atoms with E-state index in [0.29, 0.717) is 0 Å². The van der Waals surface area contributed by atoms with E-state index in [2.05, 4.69) is 15.5 Å². The molecule has 2 rings (SSSR count). The number of hydrogen-bond acceptors (Lipinski definition) is 3. The molecule has 21 heavy (non-hydrogen) atoms. The maximum absolute atomic E-state index is 12.1. The van der Waals surface area contributed by atoms with Crippen LogP contribution in [0.3, 0.4) is 0 Å². The lowest BCUT2D eigenvalue weighted by molar-refractivity contribution is 0.222. The second-order valence-corrected chi connectivity index (χ2v) is 5.10. The smallest absolute Gasteiger partial charge is 0.321 e. The molecule has 0 aliphatic rings. The molecule has 6 heteroatoms. The highest BCUT2D eigenvalue weighted by atomic mass is 16.2. The number of benzene rings is 1. The molecule has 1 heterocycles. The molecular weight excluding hydrogens is 266 g/mol. The Morgan fingerprint density at radius 1 is 1.43 bits per heavy atom. The lowest BCUT2D eigenvalue weighted by Gasteiger charge is -2.18. The molecule has 6 nitrogen and oxygen atoms in total. The third kappa shape index (κ3) is 3.21. The van der Waals surface area contributed by atoms with Crippen molar-refractivity contribution in [2.75, 3.05) is 18.9 Å². The van der Waals surface area contributed by atoms with Crippen LogP contribution in [0.15, 0.2) is 24.5 Å². The number of aryl methyl sites for hydroxylation is 1. The van der Waals surface area contributed by atoms with Gasteiger partial charge < -0.3 is 14.8 Å². The van der Waals surface area contributed by atoms with Crippen LogP contribution in [0.5, 0.6) is 0 Å². The third-order valence-corrected chi connectivity index (χ3v) is 3.43. The van der Waals surface area contributed by atoms with Crippen molar-refractivity contribution in [3.05, 3.63) is 30.1 Å². The minimum Gasteiger partial charge on any atom is -0.328 e. The molecule has 0 unspecified atom stereocenters. The minimum atomic E-state index is -0.102. The fourth-order valence-corrected chi connectivity index (χ4v) is 2.19. The van der Waals surface area contributed by atoms with E-state index in [1.54, 1.807) is 18.3 Å². The Morgan fingerprint density at radius 3 is 2.81 bits per heavy atom. The highest BCUT2D eigenvalue weighted by Crippen LogP contribution is 2.26. The lowest BCUT2D eigenvalue weighted by Crippen LogP contribution is -2.32. The predicted octanol–water partition coefficient (Wildman–Crippen LogP) is 2.66. The first-order chi connectivity index (χ1) is 10.0. The maximum atomic E-state index is 12.1. The van der Waals surface area contributed by atoms with Gasteiger partial charge in [0.05, 0.1) is 0 Å². The molecule has 1 aromatic heterocycles. The van der Waals surface area contributed by atoms with Gasteiger partial charge in [0.25, 0.3) is 0 Å². The second-order valence-electron chi connectivity index (χ2n) is 5.10. The topological polar surface area (TPSA) is 63.1 Å². The summed E-state index contributed by atoms with van der Waals surface area (Å²) in [5.41, 5.74) is 2.74. The summed E-state index contributed by atoms with van der Waals surface area (Å²) in [5.74, 6) is 0.783. The number of carbonyl (C=O) groups is 1. The number of nitrogens with zero attached hydrogens (tertiary/aromatic N) is 4. The summed E-state index contributed by atoms with van der Waals surface area (Å²) in [6, 6.07) is 5.68. The molecule has 0 atom stereocenters. The zero-order valence-corrected chi connectivity index (χ0v) is 12.9. The normalized spacial score (nSPS) is 10.5. The quantitative estimate of drug-likeness (QED) is 0.940. The Bertz CT molecular complexity index is 635. The summed E-state index contributed by atoms with van der Waals surface area (Å²) in [7, 11) is 3.69. The summed E-state index contributed by atoms with van der Waals surface area (Å²) in [5, 5.41) is 11.0. The van der Waals surface area contributed by atoms with Gasteiger partial charge in [0, 0.05) is 31.9 Å². The van der Waals surface area contributed by atoms with Gasteiger partial charge in [-0.15, -0.1) is 10.2 Å². The van der Waals surface area contributed by atoms with Crippen LogP contribution >= 0.6 is 0 Å². The van der Waals surface area contributed by atoms with E-state index in [9.17, 15) is 4.79 Å². The van der Waals surface area contributed by atoms with E-state index in [4.69, 9.17) is 0 Å². The Balaban J connectivity index is 2.27. The number of carbonyl (C=O) groups excluding carboxylic acids is 1. The number of urea groups is 1. The van der Waals surface area contributed by atoms with Gasteiger partial charge in [0.2, 0.25) is 0 Å². The van der Waals surface area contributed by atoms with Crippen molar-refractivity contribution in [1.82, 2.24) is 19.7 Å². The average molecular weight is 287 g/mol. The van der Waals surface area contributed by atoms with Gasteiger partial charge in [0.1, 0.15) is 6.33 Å². The molecule has 0 radical (unpaired) electrons. The van der Waals surface area contributed by atoms with Crippen LogP contribution in [-0.4, -0.2) is 39.3 Å². The highest BCUT2D eigenvalue weighted by Gasteiger charge is 2.13. The fourth-order valence-electron chi connectivity index (χ4n) is 2.19. The Hall–Kier alpha value is -2.37. The molecule has 0 fully saturated rings. The van der Waals surface area contributed by atoms with E-state index in [-0.39, 0.29) is 6.03 Å². The first-order valence-electron chi connectivity index (χ1n) is 7.00. The second kappa shape index (κ2) is 6.39. The summed E-state index contributed by atoms with van der Waals surface area (Å²) in [6.07, 6.45) is 2.59. The fraction of sp³-hybridized carbons (Fsp3) is 0.400. The van der Waals surface area contributed by atoms with E-state index < -0.39 is 0 Å². The van der Waals surface area contributed by atoms with E-state index >= 15 is 0 Å². The molecule has 0 aliphatic heterocycles. The van der Waals surface area contributed by atoms with Gasteiger partial charge in [-0.1, -0.05) is 19.1 Å². The molecule has 0 spiro atoms. The molecule has 112 valence electrons. The van der Waals surface area contributed by atoms with Crippen molar-refractivity contribution in [2.45, 2.75) is 20.3 Å².